The van der Waals surface area contributed by atoms with Crippen LogP contribution < -0.4 is 5.32 Å². The Bertz CT molecular complexity index is 525. The second-order valence-corrected chi connectivity index (χ2v) is 6.88. The van der Waals surface area contributed by atoms with E-state index >= 15 is 0 Å². The van der Waals surface area contributed by atoms with Crippen LogP contribution in [-0.4, -0.2) is 57.4 Å². The molecule has 1 atom stereocenters. The summed E-state index contributed by atoms with van der Waals surface area (Å²) in [5, 5.41) is 3.41. The van der Waals surface area contributed by atoms with Gasteiger partial charge < -0.3 is 19.7 Å². The number of rotatable bonds is 8. The summed E-state index contributed by atoms with van der Waals surface area (Å²) in [6.07, 6.45) is 1.15. The number of hydrogen-bond donors (Lipinski definition) is 1. The van der Waals surface area contributed by atoms with Gasteiger partial charge in [-0.2, -0.15) is 0 Å². The van der Waals surface area contributed by atoms with Crippen LogP contribution in [0.25, 0.3) is 0 Å². The molecule has 1 aliphatic heterocycles. The first-order valence-electron chi connectivity index (χ1n) is 8.57. The number of likely N-dealkylation sites (tertiary alicyclic amines) is 1. The van der Waals surface area contributed by atoms with Crippen LogP contribution in [0.1, 0.15) is 18.9 Å². The molecular weight excluding hydrogens is 370 g/mol. The van der Waals surface area contributed by atoms with Gasteiger partial charge in [-0.1, -0.05) is 28.1 Å². The van der Waals surface area contributed by atoms with Gasteiger partial charge in [0, 0.05) is 37.1 Å². The zero-order valence-electron chi connectivity index (χ0n) is 14.6. The second-order valence-electron chi connectivity index (χ2n) is 5.97. The smallest absolute Gasteiger partial charge is 0.194 e. The van der Waals surface area contributed by atoms with Gasteiger partial charge in [0.05, 0.1) is 26.4 Å². The van der Waals surface area contributed by atoms with E-state index in [0.717, 1.165) is 43.1 Å². The van der Waals surface area contributed by atoms with Crippen LogP contribution in [0.15, 0.2) is 33.7 Å². The molecule has 0 saturated carbocycles. The SMILES string of the molecule is CCNC(=NCc1cccc(Br)c1)N1CCC(COCCOC)C1. The maximum absolute atomic E-state index is 5.67. The largest absolute Gasteiger partial charge is 0.382 e. The van der Waals surface area contributed by atoms with Crippen molar-refractivity contribution in [3.8, 4) is 0 Å². The first kappa shape index (κ1) is 19.2. The number of hydrogen-bond acceptors (Lipinski definition) is 3. The van der Waals surface area contributed by atoms with E-state index in [9.17, 15) is 0 Å². The average Bonchev–Trinajstić information content (AvgIpc) is 3.04. The van der Waals surface area contributed by atoms with Crippen molar-refractivity contribution < 1.29 is 9.47 Å². The molecule has 1 saturated heterocycles. The Labute approximate surface area is 153 Å². The molecule has 1 aliphatic rings. The number of methoxy groups -OCH3 is 1. The molecule has 134 valence electrons. The average molecular weight is 398 g/mol. The normalized spacial score (nSPS) is 18.2. The van der Waals surface area contributed by atoms with Crippen molar-refractivity contribution >= 4 is 21.9 Å². The van der Waals surface area contributed by atoms with Crippen LogP contribution in [0.4, 0.5) is 0 Å². The van der Waals surface area contributed by atoms with Gasteiger partial charge in [0.25, 0.3) is 0 Å². The van der Waals surface area contributed by atoms with Crippen LogP contribution in [0, 0.1) is 5.92 Å². The highest BCUT2D eigenvalue weighted by atomic mass is 79.9. The molecule has 5 nitrogen and oxygen atoms in total. The molecule has 2 rings (SSSR count). The van der Waals surface area contributed by atoms with Gasteiger partial charge in [-0.3, -0.25) is 0 Å². The molecule has 1 unspecified atom stereocenters. The summed E-state index contributed by atoms with van der Waals surface area (Å²) in [6.45, 7) is 7.83. The van der Waals surface area contributed by atoms with E-state index in [4.69, 9.17) is 14.5 Å². The molecule has 0 bridgehead atoms. The minimum absolute atomic E-state index is 0.566. The monoisotopic (exact) mass is 397 g/mol. The predicted octanol–water partition coefficient (Wildman–Crippen LogP) is 2.90. The van der Waals surface area contributed by atoms with Crippen molar-refractivity contribution in [3.05, 3.63) is 34.3 Å². The summed E-state index contributed by atoms with van der Waals surface area (Å²) < 4.78 is 11.8. The van der Waals surface area contributed by atoms with Crippen LogP contribution in [0.5, 0.6) is 0 Å². The molecule has 0 amide bonds. The van der Waals surface area contributed by atoms with E-state index in [2.05, 4.69) is 45.2 Å². The highest BCUT2D eigenvalue weighted by Crippen LogP contribution is 2.17. The van der Waals surface area contributed by atoms with Crippen molar-refractivity contribution in [2.45, 2.75) is 19.9 Å². The van der Waals surface area contributed by atoms with Crippen LogP contribution in [0.3, 0.4) is 0 Å². The first-order chi connectivity index (χ1) is 11.7. The Kier molecular flexibility index (Phi) is 8.56. The third-order valence-corrected chi connectivity index (χ3v) is 4.50. The number of guanidine groups is 1. The van der Waals surface area contributed by atoms with Gasteiger partial charge in [-0.05, 0) is 31.0 Å². The molecule has 6 heteroatoms. The minimum atomic E-state index is 0.566. The van der Waals surface area contributed by atoms with E-state index in [1.807, 2.05) is 12.1 Å². The lowest BCUT2D eigenvalue weighted by molar-refractivity contribution is 0.0536. The van der Waals surface area contributed by atoms with Crippen LogP contribution in [-0.2, 0) is 16.0 Å². The van der Waals surface area contributed by atoms with Gasteiger partial charge in [-0.25, -0.2) is 4.99 Å². The molecule has 0 aliphatic carbocycles. The summed E-state index contributed by atoms with van der Waals surface area (Å²) in [5.41, 5.74) is 1.21. The lowest BCUT2D eigenvalue weighted by atomic mass is 10.1. The highest BCUT2D eigenvalue weighted by Gasteiger charge is 2.24. The van der Waals surface area contributed by atoms with Gasteiger partial charge in [-0.15, -0.1) is 0 Å². The lowest BCUT2D eigenvalue weighted by Gasteiger charge is -2.21. The zero-order chi connectivity index (χ0) is 17.2. The van der Waals surface area contributed by atoms with E-state index in [1.165, 1.54) is 5.56 Å². The highest BCUT2D eigenvalue weighted by molar-refractivity contribution is 9.10. The molecule has 0 radical (unpaired) electrons. The fourth-order valence-corrected chi connectivity index (χ4v) is 3.23. The molecule has 1 heterocycles. The zero-order valence-corrected chi connectivity index (χ0v) is 16.2. The summed E-state index contributed by atoms with van der Waals surface area (Å²) in [5.74, 6) is 1.56. The Morgan fingerprint density at radius 1 is 1.42 bits per heavy atom. The van der Waals surface area contributed by atoms with Crippen molar-refractivity contribution in [2.75, 3.05) is 46.6 Å². The molecule has 0 aromatic heterocycles. The van der Waals surface area contributed by atoms with E-state index < -0.39 is 0 Å². The van der Waals surface area contributed by atoms with Gasteiger partial charge >= 0.3 is 0 Å². The first-order valence-corrected chi connectivity index (χ1v) is 9.36. The van der Waals surface area contributed by atoms with Crippen LogP contribution >= 0.6 is 15.9 Å². The van der Waals surface area contributed by atoms with Gasteiger partial charge in [0.2, 0.25) is 0 Å². The fraction of sp³-hybridized carbons (Fsp3) is 0.611. The fourth-order valence-electron chi connectivity index (χ4n) is 2.78. The summed E-state index contributed by atoms with van der Waals surface area (Å²) in [6, 6.07) is 8.30. The van der Waals surface area contributed by atoms with E-state index in [-0.39, 0.29) is 0 Å². The van der Waals surface area contributed by atoms with Gasteiger partial charge in [0.1, 0.15) is 0 Å². The maximum atomic E-state index is 5.67. The van der Waals surface area contributed by atoms with Crippen molar-refractivity contribution in [2.24, 2.45) is 10.9 Å². The Hall–Kier alpha value is -1.11. The van der Waals surface area contributed by atoms with Crippen molar-refractivity contribution in [3.63, 3.8) is 0 Å². The number of halogens is 1. The molecule has 1 aromatic carbocycles. The molecule has 0 spiro atoms. The van der Waals surface area contributed by atoms with Crippen molar-refractivity contribution in [1.29, 1.82) is 0 Å². The van der Waals surface area contributed by atoms with Gasteiger partial charge in [0.15, 0.2) is 5.96 Å². The van der Waals surface area contributed by atoms with E-state index in [1.54, 1.807) is 7.11 Å². The number of benzene rings is 1. The molecule has 1 fully saturated rings. The Balaban J connectivity index is 1.87. The molecule has 1 N–H and O–H groups in total. The van der Waals surface area contributed by atoms with Crippen molar-refractivity contribution in [1.82, 2.24) is 10.2 Å². The second kappa shape index (κ2) is 10.7. The third kappa shape index (κ3) is 6.42. The third-order valence-electron chi connectivity index (χ3n) is 4.01. The number of nitrogens with zero attached hydrogens (tertiary/aromatic N) is 2. The number of aliphatic imine (C=N–C) groups is 1. The number of nitrogens with one attached hydrogen (secondary N) is 1. The summed E-state index contributed by atoms with van der Waals surface area (Å²) in [4.78, 5) is 7.14. The lowest BCUT2D eigenvalue weighted by Crippen LogP contribution is -2.40. The quantitative estimate of drug-likeness (QED) is 0.416. The summed E-state index contributed by atoms with van der Waals surface area (Å²) in [7, 11) is 1.70. The van der Waals surface area contributed by atoms with Crippen LogP contribution in [0.2, 0.25) is 0 Å². The molecular formula is C18H28BrN3O2. The topological polar surface area (TPSA) is 46.1 Å². The maximum Gasteiger partial charge on any atom is 0.194 e. The minimum Gasteiger partial charge on any atom is -0.382 e. The Morgan fingerprint density at radius 2 is 2.29 bits per heavy atom. The molecule has 24 heavy (non-hydrogen) atoms. The number of ether oxygens (including phenoxy) is 2. The Morgan fingerprint density at radius 3 is 3.04 bits per heavy atom. The van der Waals surface area contributed by atoms with E-state index in [0.29, 0.717) is 25.7 Å². The standard InChI is InChI=1S/C18H28BrN3O2/c1-3-20-18(21-12-15-5-4-6-17(19)11-15)22-8-7-16(13-22)14-24-10-9-23-2/h4-6,11,16H,3,7-10,12-14H2,1-2H3,(H,20,21). The molecule has 1 aromatic rings. The predicted molar refractivity (Wildman–Crippen MR) is 101 cm³/mol. The summed E-state index contributed by atoms with van der Waals surface area (Å²) >= 11 is 3.51.